The first kappa shape index (κ1) is 18.8. The molecule has 28 heavy (non-hydrogen) atoms. The zero-order chi connectivity index (χ0) is 19.3. The Morgan fingerprint density at radius 2 is 1.89 bits per heavy atom. The van der Waals surface area contributed by atoms with Gasteiger partial charge in [0.2, 0.25) is 11.9 Å². The highest BCUT2D eigenvalue weighted by Crippen LogP contribution is 2.27. The number of benzene rings is 1. The number of para-hydroxylation sites is 1. The Hall–Kier alpha value is -2.59. The highest BCUT2D eigenvalue weighted by atomic mass is 32.2. The van der Waals surface area contributed by atoms with Crippen molar-refractivity contribution in [1.29, 1.82) is 0 Å². The zero-order valence-corrected chi connectivity index (χ0v) is 16.2. The predicted octanol–water partition coefficient (Wildman–Crippen LogP) is 1.14. The maximum absolute atomic E-state index is 11.7. The van der Waals surface area contributed by atoms with E-state index >= 15 is 0 Å². The molecule has 0 spiro atoms. The van der Waals surface area contributed by atoms with Crippen LogP contribution < -0.4 is 10.2 Å². The third-order valence-electron chi connectivity index (χ3n) is 4.62. The van der Waals surface area contributed by atoms with E-state index in [-0.39, 0.29) is 18.5 Å². The van der Waals surface area contributed by atoms with Gasteiger partial charge in [-0.2, -0.15) is 0 Å². The summed E-state index contributed by atoms with van der Waals surface area (Å²) in [6, 6.07) is 9.72. The Kier molecular flexibility index (Phi) is 5.77. The van der Waals surface area contributed by atoms with Crippen molar-refractivity contribution in [3.63, 3.8) is 0 Å². The molecule has 3 amide bonds. The molecule has 2 aliphatic heterocycles. The van der Waals surface area contributed by atoms with Crippen molar-refractivity contribution in [2.45, 2.75) is 11.6 Å². The summed E-state index contributed by atoms with van der Waals surface area (Å²) in [7, 11) is 0. The lowest BCUT2D eigenvalue weighted by molar-refractivity contribution is -0.124. The van der Waals surface area contributed by atoms with Gasteiger partial charge in [0.1, 0.15) is 0 Å². The van der Waals surface area contributed by atoms with Gasteiger partial charge in [0.05, 0.1) is 25.4 Å². The number of ether oxygens (including phenoxy) is 1. The molecule has 10 heteroatoms. The fourth-order valence-electron chi connectivity index (χ4n) is 3.19. The molecular formula is C18H22N6O3S. The lowest BCUT2D eigenvalue weighted by Gasteiger charge is -2.27. The molecule has 0 radical (unpaired) electrons. The predicted molar refractivity (Wildman–Crippen MR) is 105 cm³/mol. The monoisotopic (exact) mass is 402 g/mol. The van der Waals surface area contributed by atoms with Crippen LogP contribution in [0, 0.1) is 0 Å². The molecule has 2 aliphatic rings. The molecule has 2 aromatic rings. The van der Waals surface area contributed by atoms with E-state index in [1.165, 1.54) is 4.90 Å². The van der Waals surface area contributed by atoms with Crippen molar-refractivity contribution in [3.05, 3.63) is 30.3 Å². The third kappa shape index (κ3) is 3.97. The summed E-state index contributed by atoms with van der Waals surface area (Å²) < 4.78 is 7.51. The second-order valence-electron chi connectivity index (χ2n) is 6.46. The van der Waals surface area contributed by atoms with Gasteiger partial charge in [-0.1, -0.05) is 30.0 Å². The minimum Gasteiger partial charge on any atom is -0.378 e. The first-order valence-electron chi connectivity index (χ1n) is 9.28. The molecule has 1 aromatic carbocycles. The fraction of sp³-hybridized carbons (Fsp3) is 0.444. The molecule has 0 aliphatic carbocycles. The average molecular weight is 402 g/mol. The van der Waals surface area contributed by atoms with E-state index < -0.39 is 0 Å². The summed E-state index contributed by atoms with van der Waals surface area (Å²) in [5.74, 6) is 1.37. The number of aromatic nitrogens is 3. The first-order chi connectivity index (χ1) is 13.7. The summed E-state index contributed by atoms with van der Waals surface area (Å²) in [6.45, 7) is 3.42. The number of imide groups is 1. The van der Waals surface area contributed by atoms with Gasteiger partial charge in [0, 0.05) is 25.4 Å². The van der Waals surface area contributed by atoms with Crippen molar-refractivity contribution >= 4 is 29.6 Å². The number of hydrogen-bond acceptors (Lipinski definition) is 7. The van der Waals surface area contributed by atoms with Gasteiger partial charge in [-0.3, -0.25) is 14.3 Å². The largest absolute Gasteiger partial charge is 0.378 e. The van der Waals surface area contributed by atoms with Crippen LogP contribution in [0.2, 0.25) is 0 Å². The number of rotatable bonds is 7. The van der Waals surface area contributed by atoms with E-state index in [0.29, 0.717) is 26.2 Å². The fourth-order valence-corrected chi connectivity index (χ4v) is 4.07. The maximum Gasteiger partial charge on any atom is 0.324 e. The van der Waals surface area contributed by atoms with Crippen molar-refractivity contribution in [1.82, 2.24) is 25.0 Å². The van der Waals surface area contributed by atoms with Crippen LogP contribution >= 0.6 is 11.8 Å². The second-order valence-corrected chi connectivity index (χ2v) is 7.52. The highest BCUT2D eigenvalue weighted by Gasteiger charge is 2.27. The molecule has 4 rings (SSSR count). The number of carbonyl (C=O) groups excluding carboxylic acids is 2. The topological polar surface area (TPSA) is 92.6 Å². The zero-order valence-electron chi connectivity index (χ0n) is 15.4. The van der Waals surface area contributed by atoms with Crippen molar-refractivity contribution in [3.8, 4) is 5.69 Å². The first-order valence-corrected chi connectivity index (χ1v) is 10.3. The minimum atomic E-state index is -0.308. The Labute approximate surface area is 167 Å². The molecule has 0 unspecified atom stereocenters. The normalized spacial score (nSPS) is 17.3. The number of nitrogens with one attached hydrogen (secondary N) is 1. The summed E-state index contributed by atoms with van der Waals surface area (Å²) >= 11 is 1.57. The molecule has 1 N–H and O–H groups in total. The third-order valence-corrected chi connectivity index (χ3v) is 5.63. The number of carbonyl (C=O) groups is 2. The summed E-state index contributed by atoms with van der Waals surface area (Å²) in [5.41, 5.74) is 1.01. The molecule has 0 saturated carbocycles. The number of thioether (sulfide) groups is 1. The van der Waals surface area contributed by atoms with Crippen molar-refractivity contribution in [2.75, 3.05) is 50.0 Å². The highest BCUT2D eigenvalue weighted by molar-refractivity contribution is 7.99. The van der Waals surface area contributed by atoms with Crippen LogP contribution in [0.3, 0.4) is 0 Å². The number of amides is 3. The Bertz CT molecular complexity index is 821. The lowest BCUT2D eigenvalue weighted by Crippen LogP contribution is -2.37. The van der Waals surface area contributed by atoms with Crippen molar-refractivity contribution < 1.29 is 14.3 Å². The van der Waals surface area contributed by atoms with Gasteiger partial charge < -0.3 is 15.0 Å². The van der Waals surface area contributed by atoms with Gasteiger partial charge in [-0.25, -0.2) is 4.79 Å². The van der Waals surface area contributed by atoms with E-state index in [9.17, 15) is 9.59 Å². The number of urea groups is 1. The SMILES string of the molecule is O=C1CNC(=O)N1CCCSc1nnc(N2CCOCC2)n1-c1ccccc1. The van der Waals surface area contributed by atoms with E-state index in [4.69, 9.17) is 4.74 Å². The number of morpholine rings is 1. The van der Waals surface area contributed by atoms with Crippen molar-refractivity contribution in [2.24, 2.45) is 0 Å². The Balaban J connectivity index is 1.46. The van der Waals surface area contributed by atoms with Crippen LogP contribution in [-0.4, -0.2) is 76.7 Å². The average Bonchev–Trinajstić information content (AvgIpc) is 3.30. The van der Waals surface area contributed by atoms with Crippen LogP contribution in [0.15, 0.2) is 35.5 Å². The van der Waals surface area contributed by atoms with Crippen LogP contribution in [0.4, 0.5) is 10.7 Å². The number of hydrogen-bond donors (Lipinski definition) is 1. The Morgan fingerprint density at radius 3 is 2.61 bits per heavy atom. The molecule has 2 fully saturated rings. The maximum atomic E-state index is 11.7. The minimum absolute atomic E-state index is 0.0945. The number of anilines is 1. The summed E-state index contributed by atoms with van der Waals surface area (Å²) in [6.07, 6.45) is 0.693. The molecule has 3 heterocycles. The smallest absolute Gasteiger partial charge is 0.324 e. The molecule has 0 atom stereocenters. The lowest BCUT2D eigenvalue weighted by atomic mass is 10.3. The quantitative estimate of drug-likeness (QED) is 0.422. The second kappa shape index (κ2) is 8.61. The molecule has 1 aromatic heterocycles. The Morgan fingerprint density at radius 1 is 1.11 bits per heavy atom. The van der Waals surface area contributed by atoms with Crippen LogP contribution in [0.5, 0.6) is 0 Å². The van der Waals surface area contributed by atoms with Crippen LogP contribution in [0.1, 0.15) is 6.42 Å². The molecule has 2 saturated heterocycles. The standard InChI is InChI=1S/C18H22N6O3S/c25-15-13-19-17(26)23(15)7-4-12-28-18-21-20-16(22-8-10-27-11-9-22)24(18)14-5-2-1-3-6-14/h1-3,5-6H,4,7-13H2,(H,19,26). The van der Waals surface area contributed by atoms with Gasteiger partial charge in [-0.15, -0.1) is 10.2 Å². The summed E-state index contributed by atoms with van der Waals surface area (Å²) in [5, 5.41) is 12.2. The van der Waals surface area contributed by atoms with E-state index in [0.717, 1.165) is 35.6 Å². The van der Waals surface area contributed by atoms with Crippen LogP contribution in [-0.2, 0) is 9.53 Å². The van der Waals surface area contributed by atoms with E-state index in [1.54, 1.807) is 11.8 Å². The van der Waals surface area contributed by atoms with Gasteiger partial charge in [0.25, 0.3) is 0 Å². The van der Waals surface area contributed by atoms with E-state index in [1.807, 2.05) is 30.3 Å². The summed E-state index contributed by atoms with van der Waals surface area (Å²) in [4.78, 5) is 26.7. The van der Waals surface area contributed by atoms with Gasteiger partial charge >= 0.3 is 6.03 Å². The molecule has 9 nitrogen and oxygen atoms in total. The number of nitrogens with zero attached hydrogens (tertiary/aromatic N) is 5. The van der Waals surface area contributed by atoms with Gasteiger partial charge in [0.15, 0.2) is 5.16 Å². The van der Waals surface area contributed by atoms with Crippen LogP contribution in [0.25, 0.3) is 5.69 Å². The van der Waals surface area contributed by atoms with Gasteiger partial charge in [-0.05, 0) is 18.6 Å². The molecular weight excluding hydrogens is 380 g/mol. The molecule has 0 bridgehead atoms. The molecule has 148 valence electrons. The van der Waals surface area contributed by atoms with E-state index in [2.05, 4.69) is 25.0 Å².